The largest absolute Gasteiger partial charge is 0.504 e. The molecule has 0 heterocycles. The molecule has 0 fully saturated rings. The average Bonchev–Trinajstić information content (AvgIpc) is 2.74. The summed E-state index contributed by atoms with van der Waals surface area (Å²) >= 11 is 0. The second-order valence-corrected chi connectivity index (χ2v) is 5.65. The highest BCUT2D eigenvalue weighted by atomic mass is 16.5. The van der Waals surface area contributed by atoms with Crippen molar-refractivity contribution in [2.24, 2.45) is 0 Å². The second kappa shape index (κ2) is 9.97. The third kappa shape index (κ3) is 5.74. The minimum atomic E-state index is -0.725. The molecule has 0 unspecified atom stereocenters. The Morgan fingerprint density at radius 2 is 1.36 bits per heavy atom. The number of hydrogen-bond donors (Lipinski definition) is 1. The number of hydrogen-bond acceptors (Lipinski definition) is 6. The normalized spacial score (nSPS) is 12.7. The molecule has 28 heavy (non-hydrogen) atoms. The lowest BCUT2D eigenvalue weighted by molar-refractivity contribution is -0.121. The molecule has 0 saturated heterocycles. The highest BCUT2D eigenvalue weighted by Gasteiger charge is 2.06. The van der Waals surface area contributed by atoms with E-state index in [1.54, 1.807) is 18.2 Å². The van der Waals surface area contributed by atoms with Gasteiger partial charge in [0.2, 0.25) is 0 Å². The van der Waals surface area contributed by atoms with Crippen LogP contribution in [0.25, 0.3) is 12.2 Å². The van der Waals surface area contributed by atoms with Crippen molar-refractivity contribution in [1.29, 1.82) is 0 Å². The first-order valence-corrected chi connectivity index (χ1v) is 8.31. The van der Waals surface area contributed by atoms with Gasteiger partial charge in [0, 0.05) is 0 Å². The fourth-order valence-electron chi connectivity index (χ4n) is 2.30. The zero-order chi connectivity index (χ0) is 22.3. The molecule has 0 amide bonds. The average molecular weight is 384 g/mol. The molecule has 2 rings (SSSR count). The summed E-state index contributed by atoms with van der Waals surface area (Å²) in [5.41, 5.74) is 0.999. The highest BCUT2D eigenvalue weighted by Crippen LogP contribution is 2.28. The molecule has 0 aliphatic carbocycles. The molecule has 6 heteroatoms. The number of phenolic OH excluding ortho intramolecular Hbond substituents is 1. The molecule has 1 N–H and O–H groups in total. The van der Waals surface area contributed by atoms with Crippen molar-refractivity contribution >= 4 is 23.7 Å². The zero-order valence-corrected chi connectivity index (χ0v) is 15.8. The van der Waals surface area contributed by atoms with Crippen molar-refractivity contribution in [1.82, 2.24) is 0 Å². The van der Waals surface area contributed by atoms with Gasteiger partial charge in [-0.2, -0.15) is 0 Å². The van der Waals surface area contributed by atoms with E-state index in [0.29, 0.717) is 22.6 Å². The maximum Gasteiger partial charge on any atom is 0.163 e. The van der Waals surface area contributed by atoms with Crippen molar-refractivity contribution in [3.63, 3.8) is 0 Å². The molecule has 0 aromatic heterocycles. The molecule has 0 radical (unpaired) electrons. The first-order valence-electron chi connectivity index (χ1n) is 9.31. The standard InChI is InChI=1S/C22H22O6/c1-26-20-11-7-16(13-22(20)28-3)5-9-18(24)14-17(23)8-4-15-6-10-19(25)21(12-15)27-2/h4-13,25H,14H2,1-3H3/b8-4+,9-5+/i8D,9D. The molecule has 2 aromatic rings. The SMILES string of the molecule is [2H]/C(=C\c1ccc(O)c(OC)c1)C(=O)CC(=O)/C([2H])=C/c1ccc(OC)c(OC)c1. The summed E-state index contributed by atoms with van der Waals surface area (Å²) in [6.45, 7) is 0. The van der Waals surface area contributed by atoms with Crippen molar-refractivity contribution < 1.29 is 31.6 Å². The van der Waals surface area contributed by atoms with Gasteiger partial charge in [0.25, 0.3) is 0 Å². The van der Waals surface area contributed by atoms with Gasteiger partial charge in [-0.15, -0.1) is 0 Å². The van der Waals surface area contributed by atoms with Crippen LogP contribution >= 0.6 is 0 Å². The Hall–Kier alpha value is -3.54. The first-order chi connectivity index (χ1) is 14.3. The predicted molar refractivity (Wildman–Crippen MR) is 107 cm³/mol. The molecule has 0 bridgehead atoms. The number of rotatable bonds is 9. The fourth-order valence-corrected chi connectivity index (χ4v) is 2.30. The number of carbonyl (C=O) groups excluding carboxylic acids is 2. The van der Waals surface area contributed by atoms with E-state index < -0.39 is 24.0 Å². The van der Waals surface area contributed by atoms with Gasteiger partial charge in [-0.3, -0.25) is 9.59 Å². The van der Waals surface area contributed by atoms with Crippen molar-refractivity contribution in [2.45, 2.75) is 6.42 Å². The summed E-state index contributed by atoms with van der Waals surface area (Å²) in [4.78, 5) is 24.5. The van der Waals surface area contributed by atoms with E-state index in [9.17, 15) is 14.7 Å². The van der Waals surface area contributed by atoms with Gasteiger partial charge in [-0.25, -0.2) is 0 Å². The summed E-state index contributed by atoms with van der Waals surface area (Å²) in [5.74, 6) is -0.345. The number of carbonyl (C=O) groups is 2. The summed E-state index contributed by atoms with van der Waals surface area (Å²) in [7, 11) is 4.36. The van der Waals surface area contributed by atoms with Gasteiger partial charge in [0.15, 0.2) is 34.6 Å². The van der Waals surface area contributed by atoms with Gasteiger partial charge >= 0.3 is 0 Å². The Bertz CT molecular complexity index is 1010. The number of benzene rings is 2. The van der Waals surface area contributed by atoms with E-state index in [1.165, 1.54) is 51.7 Å². The zero-order valence-electron chi connectivity index (χ0n) is 17.8. The number of ketones is 2. The highest BCUT2D eigenvalue weighted by molar-refractivity contribution is 6.10. The van der Waals surface area contributed by atoms with Crippen LogP contribution in [0.5, 0.6) is 23.0 Å². The number of ether oxygens (including phenoxy) is 3. The van der Waals surface area contributed by atoms with Crippen LogP contribution in [0, 0.1) is 0 Å². The van der Waals surface area contributed by atoms with Crippen LogP contribution in [0.1, 0.15) is 20.3 Å². The third-order valence-corrected chi connectivity index (χ3v) is 3.73. The summed E-state index contributed by atoms with van der Waals surface area (Å²) in [6.07, 6.45) is 1.97. The lowest BCUT2D eigenvalue weighted by atomic mass is 10.1. The van der Waals surface area contributed by atoms with Crippen molar-refractivity contribution in [3.8, 4) is 23.0 Å². The van der Waals surface area contributed by atoms with Crippen LogP contribution in [0.2, 0.25) is 0 Å². The Morgan fingerprint density at radius 1 is 0.857 bits per heavy atom. The maximum atomic E-state index is 12.2. The van der Waals surface area contributed by atoms with E-state index in [2.05, 4.69) is 0 Å². The number of methoxy groups -OCH3 is 3. The summed E-state index contributed by atoms with van der Waals surface area (Å²) < 4.78 is 31.1. The van der Waals surface area contributed by atoms with Crippen LogP contribution in [-0.4, -0.2) is 38.0 Å². The van der Waals surface area contributed by atoms with E-state index in [-0.39, 0.29) is 17.6 Å². The quantitative estimate of drug-likeness (QED) is 0.525. The van der Waals surface area contributed by atoms with Crippen LogP contribution in [0.3, 0.4) is 0 Å². The van der Waals surface area contributed by atoms with Crippen molar-refractivity contribution in [3.05, 3.63) is 59.6 Å². The molecule has 2 aromatic carbocycles. The third-order valence-electron chi connectivity index (χ3n) is 3.73. The predicted octanol–water partition coefficient (Wildman–Crippen LogP) is 3.67. The van der Waals surface area contributed by atoms with Crippen molar-refractivity contribution in [2.75, 3.05) is 21.3 Å². The van der Waals surface area contributed by atoms with E-state index >= 15 is 0 Å². The van der Waals surface area contributed by atoms with Gasteiger partial charge in [-0.05, 0) is 47.5 Å². The lowest BCUT2D eigenvalue weighted by Gasteiger charge is -2.07. The van der Waals surface area contributed by atoms with Gasteiger partial charge in [-0.1, -0.05) is 24.3 Å². The minimum Gasteiger partial charge on any atom is -0.504 e. The number of phenols is 1. The number of allylic oxidation sites excluding steroid dienone is 2. The Morgan fingerprint density at radius 3 is 1.89 bits per heavy atom. The van der Waals surface area contributed by atoms with E-state index in [0.717, 1.165) is 0 Å². The molecule has 146 valence electrons. The van der Waals surface area contributed by atoms with E-state index in [1.807, 2.05) is 0 Å². The topological polar surface area (TPSA) is 82.1 Å². The Balaban J connectivity index is 2.12. The number of aromatic hydroxyl groups is 1. The summed E-state index contributed by atoms with van der Waals surface area (Å²) in [5, 5.41) is 9.60. The van der Waals surface area contributed by atoms with Gasteiger partial charge < -0.3 is 19.3 Å². The Labute approximate surface area is 166 Å². The second-order valence-electron chi connectivity index (χ2n) is 5.65. The summed E-state index contributed by atoms with van der Waals surface area (Å²) in [6, 6.07) is 8.49. The molecule has 0 aliphatic heterocycles. The molecular weight excluding hydrogens is 360 g/mol. The molecule has 6 nitrogen and oxygen atoms in total. The van der Waals surface area contributed by atoms with Crippen LogP contribution in [-0.2, 0) is 9.59 Å². The van der Waals surface area contributed by atoms with Gasteiger partial charge in [0.1, 0.15) is 0 Å². The molecule has 0 aliphatic rings. The fraction of sp³-hybridized carbons (Fsp3) is 0.182. The molecule has 0 saturated carbocycles. The first kappa shape index (κ1) is 17.9. The smallest absolute Gasteiger partial charge is 0.163 e. The lowest BCUT2D eigenvalue weighted by Crippen LogP contribution is -2.01. The molecule has 0 spiro atoms. The van der Waals surface area contributed by atoms with Crippen LogP contribution in [0.15, 0.2) is 48.5 Å². The monoisotopic (exact) mass is 384 g/mol. The van der Waals surface area contributed by atoms with Crippen LogP contribution in [0.4, 0.5) is 0 Å². The molecular formula is C22H22O6. The maximum absolute atomic E-state index is 12.2. The van der Waals surface area contributed by atoms with Gasteiger partial charge in [0.05, 0.1) is 30.5 Å². The molecule has 0 atom stereocenters. The minimum absolute atomic E-state index is 0.0677. The van der Waals surface area contributed by atoms with Crippen LogP contribution < -0.4 is 14.2 Å². The van der Waals surface area contributed by atoms with E-state index in [4.69, 9.17) is 17.0 Å². The Kier molecular flexibility index (Phi) is 6.35.